The second-order valence-corrected chi connectivity index (χ2v) is 7.74. The topological polar surface area (TPSA) is 84.3 Å². The lowest BCUT2D eigenvalue weighted by Crippen LogP contribution is -2.40. The van der Waals surface area contributed by atoms with E-state index in [1.54, 1.807) is 12.1 Å². The molecule has 1 aliphatic carbocycles. The van der Waals surface area contributed by atoms with Crippen LogP contribution >= 0.6 is 0 Å². The highest BCUT2D eigenvalue weighted by Gasteiger charge is 2.44. The lowest BCUT2D eigenvalue weighted by molar-refractivity contribution is -0.384. The van der Waals surface area contributed by atoms with Gasteiger partial charge in [-0.1, -0.05) is 44.2 Å². The quantitative estimate of drug-likeness (QED) is 0.620. The molecule has 0 fully saturated rings. The summed E-state index contributed by atoms with van der Waals surface area (Å²) in [7, 11) is 0. The first-order chi connectivity index (χ1) is 12.9. The van der Waals surface area contributed by atoms with Crippen molar-refractivity contribution in [3.05, 3.63) is 81.2 Å². The van der Waals surface area contributed by atoms with Gasteiger partial charge in [-0.2, -0.15) is 0 Å². The van der Waals surface area contributed by atoms with E-state index in [0.717, 1.165) is 22.6 Å². The summed E-state index contributed by atoms with van der Waals surface area (Å²) < 4.78 is 0. The first kappa shape index (κ1) is 17.3. The monoisotopic (exact) mass is 363 g/mol. The Hall–Kier alpha value is -3.15. The van der Waals surface area contributed by atoms with Gasteiger partial charge < -0.3 is 10.6 Å². The van der Waals surface area contributed by atoms with Crippen molar-refractivity contribution in [1.29, 1.82) is 0 Å². The van der Waals surface area contributed by atoms with Crippen LogP contribution in [0.3, 0.4) is 0 Å². The number of carbonyl (C=O) groups is 1. The Morgan fingerprint density at radius 3 is 2.70 bits per heavy atom. The summed E-state index contributed by atoms with van der Waals surface area (Å²) in [6.07, 6.45) is 0.605. The molecule has 0 bridgehead atoms. The van der Waals surface area contributed by atoms with Crippen LogP contribution in [0.4, 0.5) is 11.4 Å². The summed E-state index contributed by atoms with van der Waals surface area (Å²) in [5.74, 6) is -0.502. The molecule has 4 rings (SSSR count). The second-order valence-electron chi connectivity index (χ2n) is 7.74. The summed E-state index contributed by atoms with van der Waals surface area (Å²) in [4.78, 5) is 24.1. The van der Waals surface area contributed by atoms with Crippen LogP contribution in [-0.2, 0) is 11.3 Å². The molecule has 27 heavy (non-hydrogen) atoms. The van der Waals surface area contributed by atoms with Crippen molar-refractivity contribution in [3.8, 4) is 0 Å². The molecular weight excluding hydrogens is 342 g/mol. The highest BCUT2D eigenvalue weighted by atomic mass is 16.6. The summed E-state index contributed by atoms with van der Waals surface area (Å²) in [5, 5.41) is 18.2. The van der Waals surface area contributed by atoms with Crippen LogP contribution in [0.2, 0.25) is 0 Å². The molecule has 2 aliphatic rings. The van der Waals surface area contributed by atoms with Crippen LogP contribution in [-0.4, -0.2) is 10.7 Å². The first-order valence-electron chi connectivity index (χ1n) is 8.97. The standard InChI is InChI=1S/C21H21N3O3/c1-21(2)11-17-19(23-16-9-4-3-6-14(16)12-22-17)18(20(21)25)13-7-5-8-15(10-13)24(26)27/h3-10,18,22-23H,11-12H2,1-2H3. The second kappa shape index (κ2) is 6.23. The van der Waals surface area contributed by atoms with Gasteiger partial charge in [-0.05, 0) is 17.2 Å². The molecule has 1 atom stereocenters. The Morgan fingerprint density at radius 2 is 1.93 bits per heavy atom. The van der Waals surface area contributed by atoms with E-state index in [1.165, 1.54) is 12.1 Å². The molecule has 0 spiro atoms. The Morgan fingerprint density at radius 1 is 1.15 bits per heavy atom. The van der Waals surface area contributed by atoms with Crippen LogP contribution in [0.5, 0.6) is 0 Å². The van der Waals surface area contributed by atoms with Gasteiger partial charge in [0.15, 0.2) is 5.78 Å². The lowest BCUT2D eigenvalue weighted by Gasteiger charge is -2.37. The number of nitrogens with zero attached hydrogens (tertiary/aromatic N) is 1. The van der Waals surface area contributed by atoms with Crippen LogP contribution < -0.4 is 10.6 Å². The highest BCUT2D eigenvalue weighted by Crippen LogP contribution is 2.45. The van der Waals surface area contributed by atoms with Crippen molar-refractivity contribution in [2.75, 3.05) is 5.32 Å². The average Bonchev–Trinajstić information content (AvgIpc) is 2.82. The summed E-state index contributed by atoms with van der Waals surface area (Å²) in [6, 6.07) is 14.4. The molecule has 0 saturated heterocycles. The van der Waals surface area contributed by atoms with Gasteiger partial charge in [-0.3, -0.25) is 14.9 Å². The number of benzene rings is 2. The number of Topliss-reactive ketones (excluding diaryl/α,β-unsaturated/α-hetero) is 1. The largest absolute Gasteiger partial charge is 0.383 e. The molecule has 0 amide bonds. The van der Waals surface area contributed by atoms with Crippen LogP contribution in [0.25, 0.3) is 0 Å². The van der Waals surface area contributed by atoms with E-state index in [-0.39, 0.29) is 11.5 Å². The maximum Gasteiger partial charge on any atom is 0.269 e. The molecule has 1 unspecified atom stereocenters. The molecule has 1 aliphatic heterocycles. The Labute approximate surface area is 157 Å². The van der Waals surface area contributed by atoms with E-state index in [2.05, 4.69) is 10.6 Å². The number of nitro benzene ring substituents is 1. The number of carbonyl (C=O) groups excluding carboxylic acids is 1. The number of allylic oxidation sites excluding steroid dienone is 2. The third kappa shape index (κ3) is 2.97. The van der Waals surface area contributed by atoms with E-state index in [4.69, 9.17) is 0 Å². The Kier molecular flexibility index (Phi) is 3.98. The number of rotatable bonds is 2. The maximum atomic E-state index is 13.3. The number of fused-ring (bicyclic) bond motifs is 1. The maximum absolute atomic E-state index is 13.3. The first-order valence-corrected chi connectivity index (χ1v) is 8.97. The van der Waals surface area contributed by atoms with Gasteiger partial charge in [0.05, 0.1) is 10.8 Å². The van der Waals surface area contributed by atoms with Crippen molar-refractivity contribution >= 4 is 17.2 Å². The fourth-order valence-electron chi connectivity index (χ4n) is 3.91. The third-order valence-electron chi connectivity index (χ3n) is 5.36. The molecule has 6 nitrogen and oxygen atoms in total. The van der Waals surface area contributed by atoms with Crippen LogP contribution in [0.1, 0.15) is 37.3 Å². The number of non-ortho nitro benzene ring substituents is 1. The van der Waals surface area contributed by atoms with Gasteiger partial charge in [-0.25, -0.2) is 0 Å². The van der Waals surface area contributed by atoms with Gasteiger partial charge in [0, 0.05) is 47.6 Å². The fourth-order valence-corrected chi connectivity index (χ4v) is 3.91. The zero-order valence-corrected chi connectivity index (χ0v) is 15.3. The molecular formula is C21H21N3O3. The van der Waals surface area contributed by atoms with E-state index >= 15 is 0 Å². The van der Waals surface area contributed by atoms with Crippen molar-refractivity contribution in [2.45, 2.75) is 32.7 Å². The molecule has 1 heterocycles. The molecule has 0 radical (unpaired) electrons. The smallest absolute Gasteiger partial charge is 0.269 e. The molecule has 2 aromatic carbocycles. The van der Waals surface area contributed by atoms with Crippen molar-refractivity contribution in [2.24, 2.45) is 5.41 Å². The molecule has 2 aromatic rings. The van der Waals surface area contributed by atoms with Gasteiger partial charge in [0.25, 0.3) is 5.69 Å². The van der Waals surface area contributed by atoms with Gasteiger partial charge in [0.1, 0.15) is 0 Å². The summed E-state index contributed by atoms with van der Waals surface area (Å²) in [6.45, 7) is 4.54. The normalized spacial score (nSPS) is 20.7. The van der Waals surface area contributed by atoms with Crippen molar-refractivity contribution in [1.82, 2.24) is 5.32 Å². The number of nitro groups is 1. The van der Waals surface area contributed by atoms with E-state index in [9.17, 15) is 14.9 Å². The zero-order valence-electron chi connectivity index (χ0n) is 15.3. The number of hydrogen-bond donors (Lipinski definition) is 2. The van der Waals surface area contributed by atoms with E-state index in [1.807, 2.05) is 38.1 Å². The third-order valence-corrected chi connectivity index (χ3v) is 5.36. The van der Waals surface area contributed by atoms with Gasteiger partial charge in [-0.15, -0.1) is 0 Å². The van der Waals surface area contributed by atoms with Crippen LogP contribution in [0.15, 0.2) is 59.9 Å². The minimum atomic E-state index is -0.567. The van der Waals surface area contributed by atoms with Gasteiger partial charge >= 0.3 is 0 Å². The SMILES string of the molecule is CC1(C)CC2=C(Nc3ccccc3CN2)C(c2cccc([N+](=O)[O-])c2)C1=O. The summed E-state index contributed by atoms with van der Waals surface area (Å²) in [5.41, 5.74) is 3.94. The van der Waals surface area contributed by atoms with E-state index < -0.39 is 16.3 Å². The highest BCUT2D eigenvalue weighted by molar-refractivity contribution is 5.96. The number of anilines is 1. The lowest BCUT2D eigenvalue weighted by atomic mass is 9.69. The predicted molar refractivity (Wildman–Crippen MR) is 103 cm³/mol. The Balaban J connectivity index is 1.86. The Bertz CT molecular complexity index is 978. The predicted octanol–water partition coefficient (Wildman–Crippen LogP) is 4.10. The minimum absolute atomic E-state index is 0.00666. The van der Waals surface area contributed by atoms with Gasteiger partial charge in [0.2, 0.25) is 0 Å². The van der Waals surface area contributed by atoms with E-state index in [0.29, 0.717) is 18.5 Å². The molecule has 0 aromatic heterocycles. The number of ketones is 1. The molecule has 138 valence electrons. The fraction of sp³-hybridized carbons (Fsp3) is 0.286. The number of nitrogens with one attached hydrogen (secondary N) is 2. The number of hydrogen-bond acceptors (Lipinski definition) is 5. The van der Waals surface area contributed by atoms with Crippen LogP contribution in [0, 0.1) is 15.5 Å². The number of para-hydroxylation sites is 1. The average molecular weight is 363 g/mol. The van der Waals surface area contributed by atoms with Crippen molar-refractivity contribution < 1.29 is 9.72 Å². The summed E-state index contributed by atoms with van der Waals surface area (Å²) >= 11 is 0. The zero-order chi connectivity index (χ0) is 19.2. The molecule has 6 heteroatoms. The molecule has 0 saturated carbocycles. The minimum Gasteiger partial charge on any atom is -0.383 e. The van der Waals surface area contributed by atoms with Crippen molar-refractivity contribution in [3.63, 3.8) is 0 Å². The molecule has 2 N–H and O–H groups in total.